The monoisotopic (exact) mass is 509 g/mol. The van der Waals surface area contributed by atoms with E-state index in [9.17, 15) is 9.59 Å². The van der Waals surface area contributed by atoms with Crippen LogP contribution in [-0.2, 0) is 14.3 Å². The Balaban J connectivity index is 1.51. The summed E-state index contributed by atoms with van der Waals surface area (Å²) < 4.78 is 5.98. The number of dihydropyridines is 1. The van der Waals surface area contributed by atoms with Crippen molar-refractivity contribution in [3.63, 3.8) is 0 Å². The molecule has 3 aliphatic rings. The summed E-state index contributed by atoms with van der Waals surface area (Å²) in [7, 11) is 0. The molecule has 2 atom stereocenters. The molecule has 1 aliphatic heterocycles. The lowest BCUT2D eigenvalue weighted by Crippen LogP contribution is -2.37. The molecule has 1 heterocycles. The summed E-state index contributed by atoms with van der Waals surface area (Å²) in [5.74, 6) is -0.700. The lowest BCUT2D eigenvalue weighted by molar-refractivity contribution is -0.146. The van der Waals surface area contributed by atoms with Crippen LogP contribution in [0, 0.1) is 0 Å². The highest BCUT2D eigenvalue weighted by molar-refractivity contribution is 6.30. The Morgan fingerprint density at radius 3 is 2.11 bits per heavy atom. The molecule has 0 spiro atoms. The Kier molecular flexibility index (Phi) is 7.04. The van der Waals surface area contributed by atoms with Gasteiger partial charge < -0.3 is 10.1 Å². The minimum absolute atomic E-state index is 0.0501. The van der Waals surface area contributed by atoms with Gasteiger partial charge in [-0.05, 0) is 80.3 Å². The van der Waals surface area contributed by atoms with Gasteiger partial charge in [-0.3, -0.25) is 4.79 Å². The van der Waals surface area contributed by atoms with E-state index < -0.39 is 5.92 Å². The number of Topliss-reactive ketones (excluding diaryl/α,β-unsaturated/α-hetero) is 1. The molecule has 1 saturated carbocycles. The van der Waals surface area contributed by atoms with E-state index in [1.807, 2.05) is 55.5 Å². The van der Waals surface area contributed by atoms with Crippen LogP contribution in [0.3, 0.4) is 0 Å². The average Bonchev–Trinajstić information content (AvgIpc) is 2.84. The van der Waals surface area contributed by atoms with Gasteiger partial charge in [-0.15, -0.1) is 0 Å². The number of halogens is 2. The molecule has 0 bridgehead atoms. The van der Waals surface area contributed by atoms with Gasteiger partial charge in [0.25, 0.3) is 0 Å². The van der Waals surface area contributed by atoms with Crippen LogP contribution in [0.15, 0.2) is 71.1 Å². The zero-order valence-corrected chi connectivity index (χ0v) is 21.3. The Bertz CT molecular complexity index is 1190. The van der Waals surface area contributed by atoms with Crippen molar-refractivity contribution in [2.24, 2.45) is 0 Å². The first kappa shape index (κ1) is 24.1. The van der Waals surface area contributed by atoms with Gasteiger partial charge in [-0.2, -0.15) is 0 Å². The number of allylic oxidation sites excluding steroid dienone is 3. The maximum absolute atomic E-state index is 13.7. The molecule has 0 aromatic heterocycles. The second-order valence-electron chi connectivity index (χ2n) is 9.79. The first-order chi connectivity index (χ1) is 16.9. The van der Waals surface area contributed by atoms with Gasteiger partial charge in [-0.1, -0.05) is 53.9 Å². The number of hydrogen-bond acceptors (Lipinski definition) is 4. The van der Waals surface area contributed by atoms with Gasteiger partial charge in [0.2, 0.25) is 0 Å². The summed E-state index contributed by atoms with van der Waals surface area (Å²) in [6.07, 6.45) is 6.15. The van der Waals surface area contributed by atoms with E-state index in [0.29, 0.717) is 34.0 Å². The second-order valence-corrected chi connectivity index (χ2v) is 10.7. The number of esters is 1. The smallest absolute Gasteiger partial charge is 0.337 e. The number of hydrogen-bond donors (Lipinski definition) is 1. The number of rotatable bonds is 4. The number of nitrogens with one attached hydrogen (secondary N) is 1. The maximum atomic E-state index is 13.7. The third-order valence-corrected chi connectivity index (χ3v) is 7.92. The van der Waals surface area contributed by atoms with Crippen LogP contribution in [0.2, 0.25) is 10.0 Å². The molecule has 35 heavy (non-hydrogen) atoms. The molecule has 0 amide bonds. The van der Waals surface area contributed by atoms with E-state index in [1.54, 1.807) is 0 Å². The van der Waals surface area contributed by atoms with Gasteiger partial charge in [0.05, 0.1) is 5.57 Å². The van der Waals surface area contributed by atoms with E-state index in [2.05, 4.69) is 5.32 Å². The Hall–Kier alpha value is -2.56. The number of carbonyl (C=O) groups is 2. The van der Waals surface area contributed by atoms with Crippen molar-refractivity contribution in [2.45, 2.75) is 69.8 Å². The van der Waals surface area contributed by atoms with E-state index in [0.717, 1.165) is 48.2 Å². The number of benzene rings is 2. The molecule has 0 unspecified atom stereocenters. The Morgan fingerprint density at radius 1 is 0.886 bits per heavy atom. The summed E-state index contributed by atoms with van der Waals surface area (Å²) in [5.41, 5.74) is 4.77. The molecule has 2 aromatic carbocycles. The molecular formula is C29H29Cl2NO3. The lowest BCUT2D eigenvalue weighted by Gasteiger charge is -2.37. The van der Waals surface area contributed by atoms with Crippen LogP contribution >= 0.6 is 23.2 Å². The van der Waals surface area contributed by atoms with Crippen LogP contribution in [0.5, 0.6) is 0 Å². The second kappa shape index (κ2) is 10.2. The summed E-state index contributed by atoms with van der Waals surface area (Å²) >= 11 is 12.2. The van der Waals surface area contributed by atoms with Gasteiger partial charge in [0.1, 0.15) is 6.10 Å². The predicted octanol–water partition coefficient (Wildman–Crippen LogP) is 7.23. The van der Waals surface area contributed by atoms with Crippen molar-refractivity contribution >= 4 is 35.0 Å². The molecule has 1 fully saturated rings. The standard InChI is InChI=1S/C29H29Cl2NO3/c1-17-26(29(34)35-23-5-3-2-4-6-23)27(19-9-13-22(31)14-10-19)28-24(32-17)15-20(16-25(28)33)18-7-11-21(30)12-8-18/h7-14,20,23,27,32H,2-6,15-16H2,1H3/t20-,27-/m0/s1. The first-order valence-corrected chi connectivity index (χ1v) is 13.1. The van der Waals surface area contributed by atoms with Gasteiger partial charge in [-0.25, -0.2) is 4.79 Å². The fourth-order valence-corrected chi connectivity index (χ4v) is 5.92. The van der Waals surface area contributed by atoms with E-state index in [-0.39, 0.29) is 23.8 Å². The molecule has 1 N–H and O–H groups in total. The van der Waals surface area contributed by atoms with Crippen molar-refractivity contribution in [3.8, 4) is 0 Å². The molecule has 2 aliphatic carbocycles. The SMILES string of the molecule is CC1=C(C(=O)OC2CCCCC2)[C@H](c2ccc(Cl)cc2)C2=C(C[C@H](c3ccc(Cl)cc3)CC2=O)N1. The fraction of sp³-hybridized carbons (Fsp3) is 0.379. The summed E-state index contributed by atoms with van der Waals surface area (Å²) in [6.45, 7) is 1.90. The molecule has 2 aromatic rings. The highest BCUT2D eigenvalue weighted by Crippen LogP contribution is 2.46. The van der Waals surface area contributed by atoms with Gasteiger partial charge in [0.15, 0.2) is 5.78 Å². The minimum Gasteiger partial charge on any atom is -0.459 e. The Labute approximate surface area is 216 Å². The maximum Gasteiger partial charge on any atom is 0.337 e. The number of carbonyl (C=O) groups excluding carboxylic acids is 2. The summed E-state index contributed by atoms with van der Waals surface area (Å²) in [6, 6.07) is 15.1. The third kappa shape index (κ3) is 5.05. The van der Waals surface area contributed by atoms with Crippen LogP contribution in [0.1, 0.15) is 74.8 Å². The average molecular weight is 510 g/mol. The highest BCUT2D eigenvalue weighted by atomic mass is 35.5. The lowest BCUT2D eigenvalue weighted by atomic mass is 9.71. The molecule has 0 radical (unpaired) electrons. The first-order valence-electron chi connectivity index (χ1n) is 12.4. The number of ketones is 1. The Morgan fingerprint density at radius 2 is 1.49 bits per heavy atom. The molecular weight excluding hydrogens is 481 g/mol. The quantitative estimate of drug-likeness (QED) is 0.441. The van der Waals surface area contributed by atoms with E-state index in [4.69, 9.17) is 27.9 Å². The topological polar surface area (TPSA) is 55.4 Å². The van der Waals surface area contributed by atoms with Gasteiger partial charge in [0, 0.05) is 39.4 Å². The molecule has 5 rings (SSSR count). The normalized spacial score (nSPS) is 23.1. The van der Waals surface area contributed by atoms with E-state index in [1.165, 1.54) is 6.42 Å². The number of ether oxygens (including phenoxy) is 1. The van der Waals surface area contributed by atoms with Crippen LogP contribution in [0.4, 0.5) is 0 Å². The van der Waals surface area contributed by atoms with Gasteiger partial charge >= 0.3 is 5.97 Å². The zero-order valence-electron chi connectivity index (χ0n) is 19.8. The molecule has 0 saturated heterocycles. The van der Waals surface area contributed by atoms with Crippen LogP contribution in [-0.4, -0.2) is 17.9 Å². The molecule has 4 nitrogen and oxygen atoms in total. The minimum atomic E-state index is -0.474. The van der Waals surface area contributed by atoms with Crippen LogP contribution < -0.4 is 5.32 Å². The molecule has 182 valence electrons. The zero-order chi connectivity index (χ0) is 24.5. The van der Waals surface area contributed by atoms with Crippen molar-refractivity contribution in [2.75, 3.05) is 0 Å². The highest BCUT2D eigenvalue weighted by Gasteiger charge is 2.41. The largest absolute Gasteiger partial charge is 0.459 e. The fourth-order valence-electron chi connectivity index (χ4n) is 5.67. The summed E-state index contributed by atoms with van der Waals surface area (Å²) in [5, 5.41) is 4.71. The third-order valence-electron chi connectivity index (χ3n) is 7.42. The molecule has 6 heteroatoms. The predicted molar refractivity (Wildman–Crippen MR) is 138 cm³/mol. The van der Waals surface area contributed by atoms with Crippen molar-refractivity contribution in [1.82, 2.24) is 5.32 Å². The summed E-state index contributed by atoms with van der Waals surface area (Å²) in [4.78, 5) is 27.2. The van der Waals surface area contributed by atoms with E-state index >= 15 is 0 Å². The van der Waals surface area contributed by atoms with Crippen LogP contribution in [0.25, 0.3) is 0 Å². The van der Waals surface area contributed by atoms with Crippen molar-refractivity contribution in [1.29, 1.82) is 0 Å². The van der Waals surface area contributed by atoms with Crippen molar-refractivity contribution < 1.29 is 14.3 Å². The van der Waals surface area contributed by atoms with Crippen molar-refractivity contribution in [3.05, 3.63) is 92.2 Å².